The van der Waals surface area contributed by atoms with Gasteiger partial charge in [0.05, 0.1) is 13.5 Å². The van der Waals surface area contributed by atoms with E-state index >= 15 is 0 Å². The Morgan fingerprint density at radius 1 is 1.00 bits per heavy atom. The predicted octanol–water partition coefficient (Wildman–Crippen LogP) is 1.90. The van der Waals surface area contributed by atoms with Crippen LogP contribution in [0.1, 0.15) is 28.8 Å². The second kappa shape index (κ2) is 11.1. The van der Waals surface area contributed by atoms with Gasteiger partial charge in [0.2, 0.25) is 11.8 Å². The second-order valence-electron chi connectivity index (χ2n) is 7.20. The van der Waals surface area contributed by atoms with Gasteiger partial charge in [0.25, 0.3) is 5.91 Å². The van der Waals surface area contributed by atoms with Crippen LogP contribution in [0.4, 0.5) is 5.69 Å². The summed E-state index contributed by atoms with van der Waals surface area (Å²) >= 11 is 0. The van der Waals surface area contributed by atoms with Gasteiger partial charge in [-0.3, -0.25) is 14.4 Å². The van der Waals surface area contributed by atoms with Crippen molar-refractivity contribution in [2.45, 2.75) is 25.4 Å². The minimum absolute atomic E-state index is 0.138. The average molecular weight is 425 g/mol. The molecule has 0 saturated carbocycles. The van der Waals surface area contributed by atoms with Gasteiger partial charge in [-0.15, -0.1) is 0 Å². The zero-order chi connectivity index (χ0) is 22.1. The molecule has 1 fully saturated rings. The summed E-state index contributed by atoms with van der Waals surface area (Å²) in [6.45, 7) is 1.27. The zero-order valence-electron chi connectivity index (χ0n) is 17.5. The number of benzene rings is 2. The highest BCUT2D eigenvalue weighted by molar-refractivity contribution is 5.96. The van der Waals surface area contributed by atoms with Crippen molar-refractivity contribution in [1.82, 2.24) is 10.6 Å². The third-order valence-corrected chi connectivity index (χ3v) is 4.89. The van der Waals surface area contributed by atoms with E-state index in [2.05, 4.69) is 16.0 Å². The Labute approximate surface area is 181 Å². The molecule has 0 aromatic heterocycles. The predicted molar refractivity (Wildman–Crippen MR) is 116 cm³/mol. The molecule has 0 aliphatic carbocycles. The quantitative estimate of drug-likeness (QED) is 0.532. The fourth-order valence-corrected chi connectivity index (χ4v) is 3.20. The molecule has 31 heavy (non-hydrogen) atoms. The first-order valence-electron chi connectivity index (χ1n) is 10.3. The Morgan fingerprint density at radius 2 is 1.71 bits per heavy atom. The van der Waals surface area contributed by atoms with Gasteiger partial charge in [0.15, 0.2) is 0 Å². The average Bonchev–Trinajstić information content (AvgIpc) is 3.32. The summed E-state index contributed by atoms with van der Waals surface area (Å²) in [4.78, 5) is 36.3. The molecule has 1 aliphatic rings. The van der Waals surface area contributed by atoms with E-state index < -0.39 is 0 Å². The van der Waals surface area contributed by atoms with Crippen molar-refractivity contribution in [2.75, 3.05) is 32.1 Å². The third kappa shape index (κ3) is 6.82. The van der Waals surface area contributed by atoms with E-state index in [1.807, 2.05) is 24.3 Å². The third-order valence-electron chi connectivity index (χ3n) is 4.89. The molecule has 2 aromatic rings. The summed E-state index contributed by atoms with van der Waals surface area (Å²) in [6, 6.07) is 13.9. The molecule has 1 saturated heterocycles. The van der Waals surface area contributed by atoms with Gasteiger partial charge < -0.3 is 25.4 Å². The van der Waals surface area contributed by atoms with Crippen LogP contribution in [0.25, 0.3) is 0 Å². The lowest BCUT2D eigenvalue weighted by molar-refractivity contribution is -0.130. The molecule has 8 nitrogen and oxygen atoms in total. The highest BCUT2D eigenvalue weighted by Gasteiger charge is 2.22. The maximum Gasteiger partial charge on any atom is 0.251 e. The monoisotopic (exact) mass is 425 g/mol. The van der Waals surface area contributed by atoms with E-state index in [4.69, 9.17) is 9.47 Å². The maximum absolute atomic E-state index is 12.2. The highest BCUT2D eigenvalue weighted by Crippen LogP contribution is 2.14. The first-order valence-corrected chi connectivity index (χ1v) is 10.3. The number of rotatable bonds is 9. The van der Waals surface area contributed by atoms with Crippen LogP contribution in [0.15, 0.2) is 48.5 Å². The number of carbonyl (C=O) groups excluding carboxylic acids is 3. The zero-order valence-corrected chi connectivity index (χ0v) is 17.5. The molecule has 0 bridgehead atoms. The summed E-state index contributed by atoms with van der Waals surface area (Å²) in [5.41, 5.74) is 1.96. The van der Waals surface area contributed by atoms with Crippen molar-refractivity contribution in [1.29, 1.82) is 0 Å². The smallest absolute Gasteiger partial charge is 0.251 e. The number of carbonyl (C=O) groups is 3. The van der Waals surface area contributed by atoms with Crippen LogP contribution in [-0.2, 0) is 20.7 Å². The Balaban J connectivity index is 1.39. The standard InChI is InChI=1S/C23H27N3O5/c1-30-19-10-4-16(5-11-19)15-21(27)26-18-8-6-17(7-9-18)22(28)24-12-13-25-23(29)20-3-2-14-31-20/h4-11,20H,2-3,12-15H2,1H3,(H,24,28)(H,25,29)(H,26,27). The molecule has 1 unspecified atom stereocenters. The summed E-state index contributed by atoms with van der Waals surface area (Å²) < 4.78 is 10.4. The van der Waals surface area contributed by atoms with Crippen molar-refractivity contribution in [3.63, 3.8) is 0 Å². The molecular weight excluding hydrogens is 398 g/mol. The highest BCUT2D eigenvalue weighted by atomic mass is 16.5. The number of amides is 3. The van der Waals surface area contributed by atoms with E-state index in [9.17, 15) is 14.4 Å². The number of nitrogens with one attached hydrogen (secondary N) is 3. The summed E-state index contributed by atoms with van der Waals surface area (Å²) in [5.74, 6) is 0.205. The van der Waals surface area contributed by atoms with E-state index in [1.54, 1.807) is 31.4 Å². The van der Waals surface area contributed by atoms with E-state index in [-0.39, 0.29) is 30.2 Å². The summed E-state index contributed by atoms with van der Waals surface area (Å²) in [6.07, 6.45) is 1.50. The van der Waals surface area contributed by atoms with Crippen LogP contribution in [0.5, 0.6) is 5.75 Å². The molecule has 1 heterocycles. The Kier molecular flexibility index (Phi) is 8.00. The molecule has 3 amide bonds. The van der Waals surface area contributed by atoms with Gasteiger partial charge in [-0.05, 0) is 54.8 Å². The van der Waals surface area contributed by atoms with Crippen LogP contribution in [0.3, 0.4) is 0 Å². The molecule has 2 aromatic carbocycles. The maximum atomic E-state index is 12.2. The van der Waals surface area contributed by atoms with Crippen LogP contribution in [-0.4, -0.2) is 50.6 Å². The number of methoxy groups -OCH3 is 1. The Bertz CT molecular complexity index is 890. The van der Waals surface area contributed by atoms with E-state index in [0.717, 1.165) is 24.2 Å². The van der Waals surface area contributed by atoms with Crippen LogP contribution < -0.4 is 20.7 Å². The molecule has 0 spiro atoms. The van der Waals surface area contributed by atoms with Gasteiger partial charge in [0, 0.05) is 30.9 Å². The van der Waals surface area contributed by atoms with E-state index in [0.29, 0.717) is 30.9 Å². The molecule has 3 rings (SSSR count). The molecule has 0 radical (unpaired) electrons. The summed E-state index contributed by atoms with van der Waals surface area (Å²) in [5, 5.41) is 8.33. The number of hydrogen-bond donors (Lipinski definition) is 3. The van der Waals surface area contributed by atoms with Gasteiger partial charge >= 0.3 is 0 Å². The minimum Gasteiger partial charge on any atom is -0.497 e. The number of anilines is 1. The topological polar surface area (TPSA) is 106 Å². The van der Waals surface area contributed by atoms with Crippen LogP contribution in [0, 0.1) is 0 Å². The normalized spacial score (nSPS) is 15.2. The molecule has 1 aliphatic heterocycles. The lowest BCUT2D eigenvalue weighted by Gasteiger charge is -2.11. The molecule has 1 atom stereocenters. The largest absolute Gasteiger partial charge is 0.497 e. The fourth-order valence-electron chi connectivity index (χ4n) is 3.20. The first kappa shape index (κ1) is 22.3. The number of ether oxygens (including phenoxy) is 2. The SMILES string of the molecule is COc1ccc(CC(=O)Nc2ccc(C(=O)NCCNC(=O)C3CCCO3)cc2)cc1. The van der Waals surface area contributed by atoms with Crippen LogP contribution >= 0.6 is 0 Å². The second-order valence-corrected chi connectivity index (χ2v) is 7.20. The molecule has 8 heteroatoms. The first-order chi connectivity index (χ1) is 15.0. The van der Waals surface area contributed by atoms with Crippen LogP contribution in [0.2, 0.25) is 0 Å². The van der Waals surface area contributed by atoms with Gasteiger partial charge in [-0.2, -0.15) is 0 Å². The fraction of sp³-hybridized carbons (Fsp3) is 0.348. The molecular formula is C23H27N3O5. The number of hydrogen-bond acceptors (Lipinski definition) is 5. The van der Waals surface area contributed by atoms with Gasteiger partial charge in [-0.1, -0.05) is 12.1 Å². The Hall–Kier alpha value is -3.39. The lowest BCUT2D eigenvalue weighted by atomic mass is 10.1. The lowest BCUT2D eigenvalue weighted by Crippen LogP contribution is -2.39. The van der Waals surface area contributed by atoms with Crippen molar-refractivity contribution in [3.05, 3.63) is 59.7 Å². The minimum atomic E-state index is -0.372. The van der Waals surface area contributed by atoms with Crippen molar-refractivity contribution in [3.8, 4) is 5.75 Å². The van der Waals surface area contributed by atoms with E-state index in [1.165, 1.54) is 0 Å². The Morgan fingerprint density at radius 3 is 2.35 bits per heavy atom. The summed E-state index contributed by atoms with van der Waals surface area (Å²) in [7, 11) is 1.59. The van der Waals surface area contributed by atoms with Gasteiger partial charge in [-0.25, -0.2) is 0 Å². The van der Waals surface area contributed by atoms with Crippen molar-refractivity contribution >= 4 is 23.4 Å². The van der Waals surface area contributed by atoms with Gasteiger partial charge in [0.1, 0.15) is 11.9 Å². The molecule has 164 valence electrons. The van der Waals surface area contributed by atoms with Crippen molar-refractivity contribution < 1.29 is 23.9 Å². The van der Waals surface area contributed by atoms with Crippen molar-refractivity contribution in [2.24, 2.45) is 0 Å². The molecule has 3 N–H and O–H groups in total.